The van der Waals surface area contributed by atoms with Gasteiger partial charge in [0.15, 0.2) is 0 Å². The zero-order chi connectivity index (χ0) is 24.7. The summed E-state index contributed by atoms with van der Waals surface area (Å²) < 4.78 is 15.1. The van der Waals surface area contributed by atoms with E-state index in [9.17, 15) is 9.18 Å². The summed E-state index contributed by atoms with van der Waals surface area (Å²) in [4.78, 5) is 15.0. The normalized spacial score (nSPS) is 14.8. The van der Waals surface area contributed by atoms with Gasteiger partial charge in [0.1, 0.15) is 5.82 Å². The van der Waals surface area contributed by atoms with E-state index in [1.165, 1.54) is 49.8 Å². The van der Waals surface area contributed by atoms with Gasteiger partial charge in [-0.3, -0.25) is 4.79 Å². The zero-order valence-electron chi connectivity index (χ0n) is 21.2. The van der Waals surface area contributed by atoms with Crippen LogP contribution in [0.25, 0.3) is 10.8 Å². The van der Waals surface area contributed by atoms with Crippen molar-refractivity contribution >= 4 is 10.8 Å². The zero-order valence-corrected chi connectivity index (χ0v) is 22.0. The van der Waals surface area contributed by atoms with Crippen LogP contribution >= 0.6 is 0 Å². The third-order valence-corrected chi connectivity index (χ3v) is 7.63. The second-order valence-electron chi connectivity index (χ2n) is 10.1. The highest BCUT2D eigenvalue weighted by Crippen LogP contribution is 2.18. The summed E-state index contributed by atoms with van der Waals surface area (Å²) in [6, 6.07) is 25.6. The molecule has 0 amide bonds. The third-order valence-electron chi connectivity index (χ3n) is 7.63. The lowest BCUT2D eigenvalue weighted by molar-refractivity contribution is -0.927. The Morgan fingerprint density at radius 1 is 0.811 bits per heavy atom. The Balaban J connectivity index is 0.00000320. The van der Waals surface area contributed by atoms with Gasteiger partial charge in [0.05, 0.1) is 36.8 Å². The van der Waals surface area contributed by atoms with Crippen LogP contribution in [0.4, 0.5) is 4.39 Å². The van der Waals surface area contributed by atoms with Crippen molar-refractivity contribution in [1.29, 1.82) is 0 Å². The largest absolute Gasteiger partial charge is 1.00 e. The van der Waals surface area contributed by atoms with E-state index in [4.69, 9.17) is 5.10 Å². The van der Waals surface area contributed by atoms with Crippen molar-refractivity contribution in [2.75, 3.05) is 13.1 Å². The number of hydrogen-bond donors (Lipinski definition) is 1. The number of hydrogen-bond acceptors (Lipinski definition) is 2. The highest BCUT2D eigenvalue weighted by Gasteiger charge is 2.25. The van der Waals surface area contributed by atoms with Gasteiger partial charge < -0.3 is 17.3 Å². The van der Waals surface area contributed by atoms with Crippen LogP contribution in [-0.4, -0.2) is 28.9 Å². The van der Waals surface area contributed by atoms with E-state index in [0.717, 1.165) is 36.2 Å². The van der Waals surface area contributed by atoms with Gasteiger partial charge in [-0.1, -0.05) is 67.1 Å². The first-order valence-electron chi connectivity index (χ1n) is 13.3. The molecule has 1 aromatic heterocycles. The molecule has 1 heterocycles. The molecule has 37 heavy (non-hydrogen) atoms. The van der Waals surface area contributed by atoms with Crippen molar-refractivity contribution in [2.24, 2.45) is 0 Å². The minimum absolute atomic E-state index is 0. The van der Waals surface area contributed by atoms with Crippen LogP contribution in [-0.2, 0) is 19.4 Å². The molecule has 1 unspecified atom stereocenters. The van der Waals surface area contributed by atoms with Crippen LogP contribution in [0.3, 0.4) is 0 Å². The Hall–Kier alpha value is -3.02. The van der Waals surface area contributed by atoms with Gasteiger partial charge in [-0.2, -0.15) is 5.10 Å². The van der Waals surface area contributed by atoms with Crippen LogP contribution in [0, 0.1) is 5.82 Å². The van der Waals surface area contributed by atoms with Crippen LogP contribution in [0.1, 0.15) is 48.9 Å². The van der Waals surface area contributed by atoms with Crippen LogP contribution < -0.4 is 22.9 Å². The van der Waals surface area contributed by atoms with Crippen molar-refractivity contribution in [3.05, 3.63) is 112 Å². The monoisotopic (exact) mass is 519 g/mol. The topological polar surface area (TPSA) is 39.3 Å². The third kappa shape index (κ3) is 6.85. The molecule has 1 N–H and O–H groups in total. The molecule has 5 rings (SSSR count). The Bertz CT molecular complexity index is 1330. The molecule has 0 bridgehead atoms. The molecular formula is C31H35ClFN3O. The summed E-state index contributed by atoms with van der Waals surface area (Å²) in [5.74, 6) is -0.247. The second-order valence-corrected chi connectivity index (χ2v) is 10.1. The minimum Gasteiger partial charge on any atom is -1.00 e. The van der Waals surface area contributed by atoms with Gasteiger partial charge in [0.2, 0.25) is 0 Å². The molecule has 4 nitrogen and oxygen atoms in total. The van der Waals surface area contributed by atoms with Crippen molar-refractivity contribution in [1.82, 2.24) is 9.78 Å². The molecule has 6 heteroatoms. The Morgan fingerprint density at radius 2 is 1.49 bits per heavy atom. The molecule has 1 aliphatic carbocycles. The summed E-state index contributed by atoms with van der Waals surface area (Å²) in [5, 5.41) is 6.43. The van der Waals surface area contributed by atoms with E-state index in [1.807, 2.05) is 24.3 Å². The second kappa shape index (κ2) is 13.0. The fraction of sp³-hybridized carbons (Fsp3) is 0.355. The van der Waals surface area contributed by atoms with Gasteiger partial charge in [0.25, 0.3) is 5.56 Å². The predicted octanol–water partition coefficient (Wildman–Crippen LogP) is 1.59. The first-order valence-corrected chi connectivity index (χ1v) is 13.3. The maximum atomic E-state index is 13.4. The SMILES string of the molecule is O=c1c2ccccc2c(Cc2ccc(F)cc2)nn1CC[NH+](CCc1ccccc1)C1CCCCC1.[Cl-]. The molecule has 194 valence electrons. The molecule has 1 aliphatic rings. The lowest BCUT2D eigenvalue weighted by Crippen LogP contribution is -3.16. The van der Waals surface area contributed by atoms with Gasteiger partial charge in [-0.15, -0.1) is 0 Å². The molecule has 0 radical (unpaired) electrons. The number of nitrogens with zero attached hydrogens (tertiary/aromatic N) is 2. The van der Waals surface area contributed by atoms with E-state index in [0.29, 0.717) is 24.4 Å². The number of benzene rings is 3. The average molecular weight is 520 g/mol. The smallest absolute Gasteiger partial charge is 0.274 e. The van der Waals surface area contributed by atoms with Crippen molar-refractivity contribution in [3.63, 3.8) is 0 Å². The van der Waals surface area contributed by atoms with Gasteiger partial charge >= 0.3 is 0 Å². The molecule has 0 spiro atoms. The molecule has 3 aromatic carbocycles. The molecular weight excluding hydrogens is 485 g/mol. The first kappa shape index (κ1) is 27.0. The first-order chi connectivity index (χ1) is 17.7. The number of fused-ring (bicyclic) bond motifs is 1. The number of aromatic nitrogens is 2. The van der Waals surface area contributed by atoms with E-state index in [-0.39, 0.29) is 23.8 Å². The van der Waals surface area contributed by atoms with Crippen molar-refractivity contribution in [2.45, 2.75) is 57.5 Å². The number of halogens is 2. The summed E-state index contributed by atoms with van der Waals surface area (Å²) in [6.07, 6.45) is 8.07. The maximum Gasteiger partial charge on any atom is 0.274 e. The quantitative estimate of drug-likeness (QED) is 0.365. The van der Waals surface area contributed by atoms with E-state index in [1.54, 1.807) is 21.7 Å². The standard InChI is InChI=1S/C31H34FN3O.ClH/c32-26-17-15-25(16-18-26)23-30-28-13-7-8-14-29(28)31(36)35(33-30)22-21-34(27-11-5-2-6-12-27)20-19-24-9-3-1-4-10-24;/h1,3-4,7-10,13-18,27H,2,5-6,11-12,19-23H2;1H. The maximum absolute atomic E-state index is 13.4. The number of rotatable bonds is 9. The fourth-order valence-electron chi connectivity index (χ4n) is 5.63. The molecule has 4 aromatic rings. The Labute approximate surface area is 224 Å². The average Bonchev–Trinajstić information content (AvgIpc) is 2.93. The van der Waals surface area contributed by atoms with Gasteiger partial charge in [0, 0.05) is 18.2 Å². The van der Waals surface area contributed by atoms with Crippen molar-refractivity contribution in [3.8, 4) is 0 Å². The Morgan fingerprint density at radius 3 is 2.22 bits per heavy atom. The Kier molecular flexibility index (Phi) is 9.48. The van der Waals surface area contributed by atoms with Gasteiger partial charge in [-0.05, 0) is 55.0 Å². The van der Waals surface area contributed by atoms with E-state index >= 15 is 0 Å². The summed E-state index contributed by atoms with van der Waals surface area (Å²) in [7, 11) is 0. The van der Waals surface area contributed by atoms with Crippen molar-refractivity contribution < 1.29 is 21.7 Å². The summed E-state index contributed by atoms with van der Waals surface area (Å²) >= 11 is 0. The van der Waals surface area contributed by atoms with Gasteiger partial charge in [-0.25, -0.2) is 9.07 Å². The van der Waals surface area contributed by atoms with E-state index in [2.05, 4.69) is 30.3 Å². The van der Waals surface area contributed by atoms with Crippen LogP contribution in [0.2, 0.25) is 0 Å². The molecule has 1 saturated carbocycles. The molecule has 1 atom stereocenters. The molecule has 0 aliphatic heterocycles. The lowest BCUT2D eigenvalue weighted by atomic mass is 9.94. The summed E-state index contributed by atoms with van der Waals surface area (Å²) in [5.41, 5.74) is 3.18. The highest BCUT2D eigenvalue weighted by atomic mass is 35.5. The fourth-order valence-corrected chi connectivity index (χ4v) is 5.63. The van der Waals surface area contributed by atoms with Crippen LogP contribution in [0.15, 0.2) is 83.7 Å². The molecule has 0 saturated heterocycles. The number of quaternary nitrogens is 1. The minimum atomic E-state index is -0.247. The highest BCUT2D eigenvalue weighted by molar-refractivity contribution is 5.83. The lowest BCUT2D eigenvalue weighted by Gasteiger charge is -2.31. The number of nitrogens with one attached hydrogen (secondary N) is 1. The van der Waals surface area contributed by atoms with Crippen LogP contribution in [0.5, 0.6) is 0 Å². The summed E-state index contributed by atoms with van der Waals surface area (Å²) in [6.45, 7) is 2.55. The van der Waals surface area contributed by atoms with E-state index < -0.39 is 0 Å². The molecule has 1 fully saturated rings. The predicted molar refractivity (Wildman–Crippen MR) is 143 cm³/mol.